The maximum Gasteiger partial charge on any atom is 0.243 e. The molecule has 1 saturated heterocycles. The van der Waals surface area contributed by atoms with Crippen LogP contribution in [0.15, 0.2) is 59.5 Å². The van der Waals surface area contributed by atoms with E-state index in [-0.39, 0.29) is 17.2 Å². The summed E-state index contributed by atoms with van der Waals surface area (Å²) in [5, 5.41) is 0. The van der Waals surface area contributed by atoms with Crippen LogP contribution in [0.3, 0.4) is 0 Å². The highest BCUT2D eigenvalue weighted by Gasteiger charge is 2.32. The van der Waals surface area contributed by atoms with E-state index in [1.54, 1.807) is 49.6 Å². The maximum absolute atomic E-state index is 13.1. The van der Waals surface area contributed by atoms with E-state index >= 15 is 0 Å². The molecule has 0 N–H and O–H groups in total. The minimum Gasteiger partial charge on any atom is -0.497 e. The monoisotopic (exact) mass is 402 g/mol. The third-order valence-corrected chi connectivity index (χ3v) is 7.07. The van der Waals surface area contributed by atoms with Crippen molar-refractivity contribution in [1.82, 2.24) is 9.21 Å². The molecule has 1 aliphatic heterocycles. The number of amides is 1. The van der Waals surface area contributed by atoms with E-state index in [4.69, 9.17) is 4.74 Å². The average Bonchev–Trinajstić information content (AvgIpc) is 3.27. The predicted molar refractivity (Wildman–Crippen MR) is 108 cm³/mol. The van der Waals surface area contributed by atoms with E-state index in [0.29, 0.717) is 5.75 Å². The number of nitrogens with zero attached hydrogens (tertiary/aromatic N) is 2. The van der Waals surface area contributed by atoms with Crippen molar-refractivity contribution in [2.24, 2.45) is 0 Å². The number of carbonyl (C=O) groups excluding carboxylic acids is 1. The van der Waals surface area contributed by atoms with Crippen LogP contribution in [-0.4, -0.2) is 50.8 Å². The first kappa shape index (κ1) is 20.4. The van der Waals surface area contributed by atoms with Gasteiger partial charge in [-0.3, -0.25) is 4.79 Å². The molecule has 0 spiro atoms. The number of hydrogen-bond donors (Lipinski definition) is 0. The van der Waals surface area contributed by atoms with E-state index in [9.17, 15) is 13.2 Å². The molecule has 0 saturated carbocycles. The molecule has 1 aliphatic rings. The number of ether oxygens (including phenoxy) is 1. The second-order valence-corrected chi connectivity index (χ2v) is 8.91. The van der Waals surface area contributed by atoms with E-state index in [1.807, 2.05) is 17.0 Å². The summed E-state index contributed by atoms with van der Waals surface area (Å²) in [4.78, 5) is 14.8. The Morgan fingerprint density at radius 2 is 1.68 bits per heavy atom. The molecule has 0 bridgehead atoms. The fourth-order valence-electron chi connectivity index (χ4n) is 3.47. The number of sulfonamides is 1. The molecule has 7 heteroatoms. The lowest BCUT2D eigenvalue weighted by Crippen LogP contribution is -2.36. The molecule has 3 rings (SSSR count). The van der Waals surface area contributed by atoms with Gasteiger partial charge in [-0.1, -0.05) is 30.3 Å². The zero-order valence-electron chi connectivity index (χ0n) is 16.2. The van der Waals surface area contributed by atoms with Gasteiger partial charge < -0.3 is 9.64 Å². The Morgan fingerprint density at radius 1 is 1.07 bits per heavy atom. The van der Waals surface area contributed by atoms with Crippen LogP contribution in [0.2, 0.25) is 0 Å². The van der Waals surface area contributed by atoms with Crippen molar-refractivity contribution in [3.8, 4) is 5.75 Å². The summed E-state index contributed by atoms with van der Waals surface area (Å²) in [6.45, 7) is 1.48. The topological polar surface area (TPSA) is 66.9 Å². The van der Waals surface area contributed by atoms with Gasteiger partial charge in [-0.15, -0.1) is 0 Å². The van der Waals surface area contributed by atoms with E-state index in [1.165, 1.54) is 11.4 Å². The Balaban J connectivity index is 1.93. The number of likely N-dealkylation sites (tertiary alicyclic amines) is 1. The Kier molecular flexibility index (Phi) is 6.36. The quantitative estimate of drug-likeness (QED) is 0.714. The maximum atomic E-state index is 13.1. The summed E-state index contributed by atoms with van der Waals surface area (Å²) in [6.07, 6.45) is 2.10. The van der Waals surface area contributed by atoms with Gasteiger partial charge in [0.05, 0.1) is 18.0 Å². The van der Waals surface area contributed by atoms with Crippen LogP contribution in [0, 0.1) is 0 Å². The first-order valence-corrected chi connectivity index (χ1v) is 10.8. The fourth-order valence-corrected chi connectivity index (χ4v) is 4.83. The van der Waals surface area contributed by atoms with Crippen LogP contribution in [0.25, 0.3) is 0 Å². The van der Waals surface area contributed by atoms with Gasteiger partial charge in [-0.05, 0) is 42.7 Å². The molecule has 1 amide bonds. The molecule has 28 heavy (non-hydrogen) atoms. The van der Waals surface area contributed by atoms with Crippen molar-refractivity contribution in [3.63, 3.8) is 0 Å². The van der Waals surface area contributed by atoms with Crippen molar-refractivity contribution in [2.75, 3.05) is 27.2 Å². The SMILES string of the molecule is COc1ccc([C@H](CC(=O)N2CCCC2)N(C)S(=O)(=O)c2ccccc2)cc1. The highest BCUT2D eigenvalue weighted by molar-refractivity contribution is 7.89. The zero-order valence-corrected chi connectivity index (χ0v) is 17.1. The van der Waals surface area contributed by atoms with Crippen LogP contribution in [0.4, 0.5) is 0 Å². The van der Waals surface area contributed by atoms with Gasteiger partial charge in [0.2, 0.25) is 15.9 Å². The molecule has 0 radical (unpaired) electrons. The van der Waals surface area contributed by atoms with Crippen LogP contribution < -0.4 is 4.74 Å². The van der Waals surface area contributed by atoms with Gasteiger partial charge in [0.15, 0.2) is 0 Å². The van der Waals surface area contributed by atoms with Crippen LogP contribution in [-0.2, 0) is 14.8 Å². The molecule has 1 heterocycles. The third kappa shape index (κ3) is 4.36. The molecule has 2 aromatic carbocycles. The standard InChI is InChI=1S/C21H26N2O4S/c1-22(28(25,26)19-8-4-3-5-9-19)20(16-21(24)23-14-6-7-15-23)17-10-12-18(27-2)13-11-17/h3-5,8-13,20H,6-7,14-16H2,1-2H3/t20-/m0/s1. The summed E-state index contributed by atoms with van der Waals surface area (Å²) in [6, 6.07) is 14.9. The van der Waals surface area contributed by atoms with Crippen LogP contribution in [0.5, 0.6) is 5.75 Å². The molecule has 6 nitrogen and oxygen atoms in total. The largest absolute Gasteiger partial charge is 0.497 e. The molecular weight excluding hydrogens is 376 g/mol. The number of benzene rings is 2. The number of carbonyl (C=O) groups is 1. The van der Waals surface area contributed by atoms with Crippen LogP contribution in [0.1, 0.15) is 30.9 Å². The number of hydrogen-bond acceptors (Lipinski definition) is 4. The molecular formula is C21H26N2O4S. The third-order valence-electron chi connectivity index (χ3n) is 5.19. The van der Waals surface area contributed by atoms with Gasteiger partial charge >= 0.3 is 0 Å². The predicted octanol–water partition coefficient (Wildman–Crippen LogP) is 3.07. The van der Waals surface area contributed by atoms with Crippen molar-refractivity contribution in [2.45, 2.75) is 30.2 Å². The first-order valence-electron chi connectivity index (χ1n) is 9.38. The van der Waals surface area contributed by atoms with Gasteiger partial charge in [0.25, 0.3) is 0 Å². The molecule has 1 atom stereocenters. The summed E-state index contributed by atoms with van der Waals surface area (Å²) < 4.78 is 32.8. The summed E-state index contributed by atoms with van der Waals surface area (Å²) in [7, 11) is -0.625. The molecule has 2 aromatic rings. The van der Waals surface area contributed by atoms with E-state index in [2.05, 4.69) is 0 Å². The van der Waals surface area contributed by atoms with E-state index < -0.39 is 16.1 Å². The molecule has 0 aromatic heterocycles. The lowest BCUT2D eigenvalue weighted by Gasteiger charge is -2.29. The van der Waals surface area contributed by atoms with Gasteiger partial charge in [0, 0.05) is 26.6 Å². The summed E-state index contributed by atoms with van der Waals surface area (Å²) in [5.74, 6) is 0.662. The second kappa shape index (κ2) is 8.75. The summed E-state index contributed by atoms with van der Waals surface area (Å²) >= 11 is 0. The van der Waals surface area contributed by atoms with Crippen molar-refractivity contribution < 1.29 is 17.9 Å². The van der Waals surface area contributed by atoms with Crippen LogP contribution >= 0.6 is 0 Å². The molecule has 150 valence electrons. The second-order valence-electron chi connectivity index (χ2n) is 6.92. The number of rotatable bonds is 7. The Morgan fingerprint density at radius 3 is 2.25 bits per heavy atom. The normalized spacial score (nSPS) is 15.6. The lowest BCUT2D eigenvalue weighted by molar-refractivity contribution is -0.131. The van der Waals surface area contributed by atoms with Gasteiger partial charge in [-0.2, -0.15) is 4.31 Å². The number of methoxy groups -OCH3 is 1. The highest BCUT2D eigenvalue weighted by Crippen LogP contribution is 2.31. The molecule has 0 unspecified atom stereocenters. The lowest BCUT2D eigenvalue weighted by atomic mass is 10.0. The molecule has 0 aliphatic carbocycles. The van der Waals surface area contributed by atoms with Crippen molar-refractivity contribution in [3.05, 3.63) is 60.2 Å². The fraction of sp³-hybridized carbons (Fsp3) is 0.381. The average molecular weight is 403 g/mol. The Bertz CT molecular complexity index is 892. The Labute approximate surface area is 166 Å². The van der Waals surface area contributed by atoms with Gasteiger partial charge in [0.1, 0.15) is 5.75 Å². The summed E-state index contributed by atoms with van der Waals surface area (Å²) in [5.41, 5.74) is 0.760. The zero-order chi connectivity index (χ0) is 20.1. The minimum atomic E-state index is -3.74. The molecule has 1 fully saturated rings. The first-order chi connectivity index (χ1) is 13.4. The Hall–Kier alpha value is -2.38. The van der Waals surface area contributed by atoms with Crippen molar-refractivity contribution in [1.29, 1.82) is 0 Å². The smallest absolute Gasteiger partial charge is 0.243 e. The van der Waals surface area contributed by atoms with Crippen molar-refractivity contribution >= 4 is 15.9 Å². The van der Waals surface area contributed by atoms with E-state index in [0.717, 1.165) is 31.5 Å². The minimum absolute atomic E-state index is 0.0200. The van der Waals surface area contributed by atoms with Gasteiger partial charge in [-0.25, -0.2) is 8.42 Å². The highest BCUT2D eigenvalue weighted by atomic mass is 32.2.